The van der Waals surface area contributed by atoms with Crippen molar-refractivity contribution >= 4 is 25.8 Å². The molecule has 0 saturated carbocycles. The van der Waals surface area contributed by atoms with E-state index in [4.69, 9.17) is 5.11 Å². The molecular weight excluding hydrogens is 296 g/mol. The molecule has 8 nitrogen and oxygen atoms in total. The highest BCUT2D eigenvalue weighted by Crippen LogP contribution is 2.11. The molecule has 0 aliphatic carbocycles. The highest BCUT2D eigenvalue weighted by molar-refractivity contribution is 7.90. The van der Waals surface area contributed by atoms with Gasteiger partial charge in [0.15, 0.2) is 14.9 Å². The van der Waals surface area contributed by atoms with Gasteiger partial charge in [-0.2, -0.15) is 4.72 Å². The molecule has 0 spiro atoms. The summed E-state index contributed by atoms with van der Waals surface area (Å²) < 4.78 is 47.7. The summed E-state index contributed by atoms with van der Waals surface area (Å²) in [6.45, 7) is 1.16. The second-order valence-corrected chi connectivity index (χ2v) is 7.46. The van der Waals surface area contributed by atoms with Gasteiger partial charge < -0.3 is 5.11 Å². The number of sulfone groups is 1. The third-order valence-corrected chi connectivity index (χ3v) is 4.63. The summed E-state index contributed by atoms with van der Waals surface area (Å²) in [6, 6.07) is 0.773. The number of carbonyl (C=O) groups is 1. The molecule has 19 heavy (non-hydrogen) atoms. The van der Waals surface area contributed by atoms with Gasteiger partial charge in [0.2, 0.25) is 10.0 Å². The molecule has 1 aromatic heterocycles. The first-order valence-electron chi connectivity index (χ1n) is 4.95. The van der Waals surface area contributed by atoms with E-state index in [1.54, 1.807) is 0 Å². The number of hydrogen-bond donors (Lipinski definition) is 2. The fourth-order valence-electron chi connectivity index (χ4n) is 1.10. The zero-order valence-corrected chi connectivity index (χ0v) is 11.7. The van der Waals surface area contributed by atoms with E-state index in [9.17, 15) is 21.6 Å². The van der Waals surface area contributed by atoms with Gasteiger partial charge in [0.1, 0.15) is 10.9 Å². The van der Waals surface area contributed by atoms with Gasteiger partial charge in [-0.1, -0.05) is 0 Å². The standard InChI is InChI=1S/C9H12N2O6S2/c1-6(9(12)13)11-19(16,17)7-3-4-8(10-5-7)18(2,14)15/h3-6,11H,1-2H3,(H,12,13)/t6-/m0/s1. The molecule has 0 bridgehead atoms. The number of aromatic nitrogens is 1. The summed E-state index contributed by atoms with van der Waals surface area (Å²) in [7, 11) is -7.58. The van der Waals surface area contributed by atoms with Crippen LogP contribution in [0, 0.1) is 0 Å². The van der Waals surface area contributed by atoms with Gasteiger partial charge in [0.05, 0.1) is 0 Å². The van der Waals surface area contributed by atoms with E-state index in [1.807, 2.05) is 4.72 Å². The highest BCUT2D eigenvalue weighted by Gasteiger charge is 2.22. The minimum atomic E-state index is -4.05. The van der Waals surface area contributed by atoms with E-state index in [1.165, 1.54) is 0 Å². The maximum Gasteiger partial charge on any atom is 0.321 e. The average Bonchev–Trinajstić information content (AvgIpc) is 2.27. The second kappa shape index (κ2) is 5.23. The smallest absolute Gasteiger partial charge is 0.321 e. The van der Waals surface area contributed by atoms with Gasteiger partial charge in [-0.05, 0) is 19.1 Å². The Labute approximate surface area is 110 Å². The lowest BCUT2D eigenvalue weighted by Gasteiger charge is -2.10. The summed E-state index contributed by atoms with van der Waals surface area (Å²) >= 11 is 0. The molecular formula is C9H12N2O6S2. The minimum absolute atomic E-state index is 0.266. The molecule has 0 saturated heterocycles. The van der Waals surface area contributed by atoms with Gasteiger partial charge in [-0.25, -0.2) is 21.8 Å². The van der Waals surface area contributed by atoms with Crippen LogP contribution in [0.25, 0.3) is 0 Å². The molecule has 0 unspecified atom stereocenters. The first kappa shape index (κ1) is 15.5. The Morgan fingerprint density at radius 1 is 1.32 bits per heavy atom. The molecule has 0 amide bonds. The molecule has 106 valence electrons. The first-order chi connectivity index (χ1) is 8.54. The summed E-state index contributed by atoms with van der Waals surface area (Å²) in [5, 5.41) is 8.36. The molecule has 0 aliphatic rings. The molecule has 1 aromatic rings. The number of sulfonamides is 1. The van der Waals surface area contributed by atoms with E-state index < -0.39 is 31.9 Å². The highest BCUT2D eigenvalue weighted by atomic mass is 32.2. The van der Waals surface area contributed by atoms with Crippen LogP contribution in [0.4, 0.5) is 0 Å². The van der Waals surface area contributed by atoms with E-state index in [0.717, 1.165) is 31.5 Å². The summed E-state index contributed by atoms with van der Waals surface area (Å²) in [4.78, 5) is 13.8. The van der Waals surface area contributed by atoms with Gasteiger partial charge in [0, 0.05) is 12.5 Å². The Bertz CT molecular complexity index is 678. The van der Waals surface area contributed by atoms with E-state index in [2.05, 4.69) is 4.98 Å². The maximum absolute atomic E-state index is 11.7. The Morgan fingerprint density at radius 2 is 1.89 bits per heavy atom. The second-order valence-electron chi connectivity index (χ2n) is 3.79. The Morgan fingerprint density at radius 3 is 2.26 bits per heavy atom. The third-order valence-electron chi connectivity index (χ3n) is 2.10. The summed E-state index contributed by atoms with van der Waals surface area (Å²) in [6.07, 6.45) is 1.79. The summed E-state index contributed by atoms with van der Waals surface area (Å²) in [5.74, 6) is -1.33. The molecule has 0 aromatic carbocycles. The molecule has 1 rings (SSSR count). The molecule has 10 heteroatoms. The lowest BCUT2D eigenvalue weighted by molar-refractivity contribution is -0.138. The maximum atomic E-state index is 11.7. The number of pyridine rings is 1. The van der Waals surface area contributed by atoms with Crippen molar-refractivity contribution in [2.45, 2.75) is 22.9 Å². The summed E-state index contributed by atoms with van der Waals surface area (Å²) in [5.41, 5.74) is 0. The molecule has 2 N–H and O–H groups in total. The lowest BCUT2D eigenvalue weighted by Crippen LogP contribution is -2.38. The van der Waals surface area contributed by atoms with Crippen LogP contribution < -0.4 is 4.72 Å². The lowest BCUT2D eigenvalue weighted by atomic mass is 10.4. The Hall–Kier alpha value is -1.52. The largest absolute Gasteiger partial charge is 0.480 e. The first-order valence-corrected chi connectivity index (χ1v) is 8.33. The monoisotopic (exact) mass is 308 g/mol. The number of rotatable bonds is 5. The van der Waals surface area contributed by atoms with Crippen LogP contribution in [0.5, 0.6) is 0 Å². The quantitative estimate of drug-likeness (QED) is 0.730. The van der Waals surface area contributed by atoms with Crippen LogP contribution in [-0.4, -0.2) is 45.2 Å². The zero-order valence-electron chi connectivity index (χ0n) is 10.1. The van der Waals surface area contributed by atoms with Crippen LogP contribution >= 0.6 is 0 Å². The van der Waals surface area contributed by atoms with Crippen molar-refractivity contribution in [3.05, 3.63) is 18.3 Å². The molecule has 0 fully saturated rings. The molecule has 1 atom stereocenters. The van der Waals surface area contributed by atoms with E-state index in [-0.39, 0.29) is 9.92 Å². The fraction of sp³-hybridized carbons (Fsp3) is 0.333. The third kappa shape index (κ3) is 3.98. The van der Waals surface area contributed by atoms with Crippen molar-refractivity contribution in [3.8, 4) is 0 Å². The molecule has 0 aliphatic heterocycles. The number of carboxylic acids is 1. The molecule has 1 heterocycles. The van der Waals surface area contributed by atoms with Crippen LogP contribution in [0.15, 0.2) is 28.3 Å². The number of hydrogen-bond acceptors (Lipinski definition) is 6. The molecule has 0 radical (unpaired) electrons. The van der Waals surface area contributed by atoms with Gasteiger partial charge in [-0.3, -0.25) is 4.79 Å². The van der Waals surface area contributed by atoms with E-state index in [0.29, 0.717) is 0 Å². The van der Waals surface area contributed by atoms with Crippen molar-refractivity contribution in [1.82, 2.24) is 9.71 Å². The van der Waals surface area contributed by atoms with Crippen LogP contribution in [-0.2, 0) is 24.7 Å². The normalized spacial score (nSPS) is 14.0. The Balaban J connectivity index is 3.07. The number of nitrogens with one attached hydrogen (secondary N) is 1. The number of carboxylic acid groups (broad SMARTS) is 1. The zero-order chi connectivity index (χ0) is 14.8. The van der Waals surface area contributed by atoms with Gasteiger partial charge >= 0.3 is 5.97 Å². The number of nitrogens with zero attached hydrogens (tertiary/aromatic N) is 1. The van der Waals surface area contributed by atoms with Crippen molar-refractivity contribution in [1.29, 1.82) is 0 Å². The number of aliphatic carboxylic acids is 1. The van der Waals surface area contributed by atoms with Crippen molar-refractivity contribution < 1.29 is 26.7 Å². The van der Waals surface area contributed by atoms with Gasteiger partial charge in [-0.15, -0.1) is 0 Å². The fourth-order valence-corrected chi connectivity index (χ4v) is 2.80. The average molecular weight is 308 g/mol. The predicted octanol–water partition coefficient (Wildman–Crippen LogP) is -0.763. The van der Waals surface area contributed by atoms with Crippen LogP contribution in [0.1, 0.15) is 6.92 Å². The topological polar surface area (TPSA) is 130 Å². The van der Waals surface area contributed by atoms with Crippen molar-refractivity contribution in [2.24, 2.45) is 0 Å². The van der Waals surface area contributed by atoms with Crippen LogP contribution in [0.3, 0.4) is 0 Å². The predicted molar refractivity (Wildman–Crippen MR) is 64.8 cm³/mol. The minimum Gasteiger partial charge on any atom is -0.480 e. The Kier molecular flexibility index (Phi) is 4.28. The van der Waals surface area contributed by atoms with Crippen molar-refractivity contribution in [2.75, 3.05) is 6.26 Å². The van der Waals surface area contributed by atoms with Crippen molar-refractivity contribution in [3.63, 3.8) is 0 Å². The SMILES string of the molecule is C[C@H](NS(=O)(=O)c1ccc(S(C)(=O)=O)nc1)C(=O)O. The van der Waals surface area contributed by atoms with Crippen LogP contribution in [0.2, 0.25) is 0 Å². The van der Waals surface area contributed by atoms with Gasteiger partial charge in [0.25, 0.3) is 0 Å². The van der Waals surface area contributed by atoms with E-state index >= 15 is 0 Å².